The van der Waals surface area contributed by atoms with Crippen LogP contribution in [0.25, 0.3) is 0 Å². The van der Waals surface area contributed by atoms with Gasteiger partial charge >= 0.3 is 5.97 Å². The van der Waals surface area contributed by atoms with Crippen molar-refractivity contribution in [2.75, 3.05) is 20.7 Å². The number of esters is 1. The number of ether oxygens (including phenoxy) is 1. The zero-order valence-corrected chi connectivity index (χ0v) is 10.9. The molecule has 17 heavy (non-hydrogen) atoms. The third-order valence-corrected chi connectivity index (χ3v) is 2.67. The smallest absolute Gasteiger partial charge is 0.334 e. The molecule has 0 bridgehead atoms. The van der Waals surface area contributed by atoms with Gasteiger partial charge in [-0.05, 0) is 25.8 Å². The van der Waals surface area contributed by atoms with Gasteiger partial charge in [0.1, 0.15) is 0 Å². The van der Waals surface area contributed by atoms with Crippen LogP contribution in [-0.4, -0.2) is 37.4 Å². The topological polar surface area (TPSA) is 46.6 Å². The van der Waals surface area contributed by atoms with Gasteiger partial charge in [0.2, 0.25) is 0 Å². The van der Waals surface area contributed by atoms with Crippen LogP contribution in [-0.2, 0) is 14.3 Å². The van der Waals surface area contributed by atoms with Crippen LogP contribution in [0.4, 0.5) is 0 Å². The summed E-state index contributed by atoms with van der Waals surface area (Å²) >= 11 is 0. The predicted molar refractivity (Wildman–Crippen MR) is 65.3 cm³/mol. The van der Waals surface area contributed by atoms with E-state index in [1.54, 1.807) is 20.0 Å². The van der Waals surface area contributed by atoms with Crippen LogP contribution in [0.3, 0.4) is 0 Å². The second kappa shape index (κ2) is 5.66. The zero-order valence-electron chi connectivity index (χ0n) is 10.9. The summed E-state index contributed by atoms with van der Waals surface area (Å²) in [6.07, 6.45) is 2.62. The molecule has 0 amide bonds. The lowest BCUT2D eigenvalue weighted by atomic mass is 9.87. The Morgan fingerprint density at radius 3 is 2.59 bits per heavy atom. The van der Waals surface area contributed by atoms with Crippen molar-refractivity contribution in [2.24, 2.45) is 0 Å². The fourth-order valence-corrected chi connectivity index (χ4v) is 1.83. The molecule has 0 aromatic carbocycles. The first-order valence-corrected chi connectivity index (χ1v) is 5.76. The Hall–Kier alpha value is -1.58. The molecule has 94 valence electrons. The second-order valence-electron chi connectivity index (χ2n) is 4.25. The minimum Gasteiger partial charge on any atom is -0.463 e. The Morgan fingerprint density at radius 1 is 1.41 bits per heavy atom. The Morgan fingerprint density at radius 2 is 2.06 bits per heavy atom. The molecule has 0 N–H and O–H groups in total. The predicted octanol–water partition coefficient (Wildman–Crippen LogP) is 1.67. The quantitative estimate of drug-likeness (QED) is 0.553. The zero-order chi connectivity index (χ0) is 13.0. The molecule has 4 heteroatoms. The van der Waals surface area contributed by atoms with Crippen LogP contribution in [0.5, 0.6) is 0 Å². The van der Waals surface area contributed by atoms with E-state index in [1.807, 2.05) is 19.0 Å². The summed E-state index contributed by atoms with van der Waals surface area (Å²) in [5, 5.41) is 0. The molecule has 0 aliphatic heterocycles. The molecule has 0 saturated carbocycles. The number of carbonyl (C=O) groups is 2. The van der Waals surface area contributed by atoms with Gasteiger partial charge in [-0.25, -0.2) is 4.79 Å². The first-order valence-electron chi connectivity index (χ1n) is 5.76. The molecule has 0 saturated heterocycles. The lowest BCUT2D eigenvalue weighted by molar-refractivity contribution is -0.138. The average molecular weight is 237 g/mol. The monoisotopic (exact) mass is 237 g/mol. The maximum absolute atomic E-state index is 11.8. The molecule has 0 heterocycles. The van der Waals surface area contributed by atoms with Gasteiger partial charge in [-0.3, -0.25) is 4.79 Å². The number of rotatable bonds is 3. The van der Waals surface area contributed by atoms with E-state index < -0.39 is 0 Å². The standard InChI is InChI=1S/C13H19NO3/c1-5-17-13(16)10-6-7-12(15)11(9(10)2)8-14(3)4/h8H,5-7H2,1-4H3. The number of allylic oxidation sites excluding steroid dienone is 2. The number of carbonyl (C=O) groups excluding carboxylic acids is 2. The van der Waals surface area contributed by atoms with E-state index in [1.165, 1.54) is 0 Å². The second-order valence-corrected chi connectivity index (χ2v) is 4.25. The summed E-state index contributed by atoms with van der Waals surface area (Å²) in [7, 11) is 3.71. The van der Waals surface area contributed by atoms with Crippen molar-refractivity contribution >= 4 is 11.8 Å². The van der Waals surface area contributed by atoms with Crippen molar-refractivity contribution in [1.29, 1.82) is 0 Å². The molecule has 4 nitrogen and oxygen atoms in total. The number of nitrogens with zero attached hydrogens (tertiary/aromatic N) is 1. The summed E-state index contributed by atoms with van der Waals surface area (Å²) in [6, 6.07) is 0. The third-order valence-electron chi connectivity index (χ3n) is 2.67. The van der Waals surface area contributed by atoms with Crippen molar-refractivity contribution in [1.82, 2.24) is 4.90 Å². The summed E-state index contributed by atoms with van der Waals surface area (Å²) < 4.78 is 4.99. The first-order chi connectivity index (χ1) is 7.97. The molecule has 0 spiro atoms. The molecule has 0 fully saturated rings. The first kappa shape index (κ1) is 13.5. The number of hydrogen-bond donors (Lipinski definition) is 0. The fourth-order valence-electron chi connectivity index (χ4n) is 1.83. The van der Waals surface area contributed by atoms with Crippen molar-refractivity contribution < 1.29 is 14.3 Å². The highest BCUT2D eigenvalue weighted by atomic mass is 16.5. The van der Waals surface area contributed by atoms with Crippen LogP contribution in [0.1, 0.15) is 26.7 Å². The molecule has 0 unspecified atom stereocenters. The molecule has 1 aliphatic carbocycles. The van der Waals surface area contributed by atoms with Crippen LogP contribution in [0, 0.1) is 0 Å². The highest BCUT2D eigenvalue weighted by Gasteiger charge is 2.26. The molecule has 0 aromatic heterocycles. The summed E-state index contributed by atoms with van der Waals surface area (Å²) in [5.41, 5.74) is 1.98. The van der Waals surface area contributed by atoms with Gasteiger partial charge in [0, 0.05) is 37.9 Å². The van der Waals surface area contributed by atoms with Crippen molar-refractivity contribution in [2.45, 2.75) is 26.7 Å². The van der Waals surface area contributed by atoms with Crippen molar-refractivity contribution in [3.8, 4) is 0 Å². The molecule has 1 rings (SSSR count). The summed E-state index contributed by atoms with van der Waals surface area (Å²) in [5.74, 6) is -0.216. The van der Waals surface area contributed by atoms with Crippen LogP contribution < -0.4 is 0 Å². The van der Waals surface area contributed by atoms with Crippen molar-refractivity contribution in [3.63, 3.8) is 0 Å². The Labute approximate surface area is 102 Å². The van der Waals surface area contributed by atoms with Gasteiger partial charge in [-0.2, -0.15) is 0 Å². The van der Waals surface area contributed by atoms with Gasteiger partial charge < -0.3 is 9.64 Å². The van der Waals surface area contributed by atoms with Gasteiger partial charge in [-0.1, -0.05) is 0 Å². The third kappa shape index (κ3) is 3.19. The van der Waals surface area contributed by atoms with E-state index in [-0.39, 0.29) is 11.8 Å². The van der Waals surface area contributed by atoms with Gasteiger partial charge in [0.15, 0.2) is 5.78 Å². The van der Waals surface area contributed by atoms with E-state index in [4.69, 9.17) is 4.74 Å². The fraction of sp³-hybridized carbons (Fsp3) is 0.538. The minimum absolute atomic E-state index is 0.0873. The maximum Gasteiger partial charge on any atom is 0.334 e. The molecule has 0 atom stereocenters. The SMILES string of the molecule is CCOC(=O)C1=C(C)C(=CN(C)C)C(=O)CC1. The molecular weight excluding hydrogens is 218 g/mol. The number of ketones is 1. The van der Waals surface area contributed by atoms with E-state index in [0.29, 0.717) is 30.6 Å². The normalized spacial score (nSPS) is 18.6. The van der Waals surface area contributed by atoms with Gasteiger partial charge in [0.05, 0.1) is 6.61 Å². The lowest BCUT2D eigenvalue weighted by Gasteiger charge is -2.20. The van der Waals surface area contributed by atoms with E-state index in [2.05, 4.69) is 0 Å². The largest absolute Gasteiger partial charge is 0.463 e. The van der Waals surface area contributed by atoms with Crippen LogP contribution in [0.15, 0.2) is 22.9 Å². The van der Waals surface area contributed by atoms with Gasteiger partial charge in [-0.15, -0.1) is 0 Å². The maximum atomic E-state index is 11.8. The van der Waals surface area contributed by atoms with E-state index in [9.17, 15) is 9.59 Å². The summed E-state index contributed by atoms with van der Waals surface area (Å²) in [4.78, 5) is 25.3. The molecular formula is C13H19NO3. The van der Waals surface area contributed by atoms with E-state index >= 15 is 0 Å². The molecule has 1 aliphatic rings. The van der Waals surface area contributed by atoms with Crippen LogP contribution in [0.2, 0.25) is 0 Å². The highest BCUT2D eigenvalue weighted by Crippen LogP contribution is 2.27. The van der Waals surface area contributed by atoms with Crippen LogP contribution >= 0.6 is 0 Å². The average Bonchev–Trinajstić information content (AvgIpc) is 2.24. The Bertz CT molecular complexity index is 391. The Kier molecular flexibility index (Phi) is 4.49. The summed E-state index contributed by atoms with van der Waals surface area (Å²) in [6.45, 7) is 3.94. The van der Waals surface area contributed by atoms with E-state index in [0.717, 1.165) is 5.57 Å². The number of Topliss-reactive ketones (excluding diaryl/α,β-unsaturated/α-hetero) is 1. The molecule has 0 aromatic rings. The minimum atomic E-state index is -0.304. The highest BCUT2D eigenvalue weighted by molar-refractivity contribution is 6.05. The Balaban J connectivity index is 3.09. The number of hydrogen-bond acceptors (Lipinski definition) is 4. The van der Waals surface area contributed by atoms with Gasteiger partial charge in [0.25, 0.3) is 0 Å². The lowest BCUT2D eigenvalue weighted by Crippen LogP contribution is -2.20. The van der Waals surface area contributed by atoms with Crippen molar-refractivity contribution in [3.05, 3.63) is 22.9 Å². The molecule has 0 radical (unpaired) electrons.